The average molecular weight is 386 g/mol. The van der Waals surface area contributed by atoms with Crippen LogP contribution < -0.4 is 9.47 Å². The fourth-order valence-electron chi connectivity index (χ4n) is 1.99. The summed E-state index contributed by atoms with van der Waals surface area (Å²) in [7, 11) is 0. The molecule has 2 aromatic rings. The van der Waals surface area contributed by atoms with E-state index in [9.17, 15) is 0 Å². The fraction of sp³-hybridized carbons (Fsp3) is 0.263. The highest BCUT2D eigenvalue weighted by molar-refractivity contribution is 6.31. The smallest absolute Gasteiger partial charge is 0.190 e. The van der Waals surface area contributed by atoms with Crippen molar-refractivity contribution in [1.29, 1.82) is 0 Å². The molecule has 24 heavy (non-hydrogen) atoms. The Bertz CT molecular complexity index is 677. The Balaban J connectivity index is 1.86. The van der Waals surface area contributed by atoms with Gasteiger partial charge >= 0.3 is 0 Å². The Kier molecular flexibility index (Phi) is 6.85. The molecule has 2 nitrogen and oxygen atoms in total. The number of hydrogen-bond acceptors (Lipinski definition) is 2. The van der Waals surface area contributed by atoms with E-state index in [4.69, 9.17) is 44.3 Å². The molecule has 0 spiro atoms. The summed E-state index contributed by atoms with van der Waals surface area (Å²) < 4.78 is 11.3. The summed E-state index contributed by atoms with van der Waals surface area (Å²) in [6, 6.07) is 14.4. The van der Waals surface area contributed by atoms with Crippen molar-refractivity contribution in [2.75, 3.05) is 6.61 Å². The minimum Gasteiger partial charge on any atom is -0.494 e. The molecule has 0 radical (unpaired) electrons. The third-order valence-electron chi connectivity index (χ3n) is 3.36. The number of halogens is 3. The first-order valence-corrected chi connectivity index (χ1v) is 8.68. The molecule has 0 heterocycles. The van der Waals surface area contributed by atoms with Crippen molar-refractivity contribution >= 4 is 34.8 Å². The van der Waals surface area contributed by atoms with E-state index in [0.29, 0.717) is 27.6 Å². The van der Waals surface area contributed by atoms with E-state index in [1.54, 1.807) is 36.4 Å². The van der Waals surface area contributed by atoms with Crippen molar-refractivity contribution in [3.63, 3.8) is 0 Å². The Hall–Kier alpha value is -1.35. The van der Waals surface area contributed by atoms with Crippen LogP contribution in [0.4, 0.5) is 0 Å². The lowest BCUT2D eigenvalue weighted by molar-refractivity contribution is 0.258. The van der Waals surface area contributed by atoms with Crippen molar-refractivity contribution in [1.82, 2.24) is 0 Å². The third kappa shape index (κ3) is 6.64. The molecule has 0 atom stereocenters. The molecule has 0 amide bonds. The number of allylic oxidation sites excluding steroid dienone is 1. The van der Waals surface area contributed by atoms with Crippen molar-refractivity contribution in [3.05, 3.63) is 69.9 Å². The maximum absolute atomic E-state index is 6.20. The van der Waals surface area contributed by atoms with Gasteiger partial charge in [0.1, 0.15) is 11.5 Å². The number of hydrogen-bond donors (Lipinski definition) is 0. The van der Waals surface area contributed by atoms with E-state index in [1.165, 1.54) is 0 Å². The summed E-state index contributed by atoms with van der Waals surface area (Å²) in [6.07, 6.45) is 2.67. The van der Waals surface area contributed by atoms with Gasteiger partial charge in [0, 0.05) is 10.0 Å². The first kappa shape index (κ1) is 19.0. The quantitative estimate of drug-likeness (QED) is 0.480. The maximum Gasteiger partial charge on any atom is 0.190 e. The van der Waals surface area contributed by atoms with E-state index in [0.717, 1.165) is 12.2 Å². The zero-order valence-electron chi connectivity index (χ0n) is 13.6. The SMILES string of the molecule is CC(C)(C=C(Cl)Oc1ccc(Cl)cc1)CCOc1ccc(Cl)cc1. The largest absolute Gasteiger partial charge is 0.494 e. The van der Waals surface area contributed by atoms with Crippen LogP contribution in [0.25, 0.3) is 0 Å². The Morgan fingerprint density at radius 3 is 1.96 bits per heavy atom. The Labute approximate surface area is 157 Å². The van der Waals surface area contributed by atoms with Gasteiger partial charge in [-0.05, 0) is 78.0 Å². The lowest BCUT2D eigenvalue weighted by Gasteiger charge is -2.21. The second-order valence-corrected chi connectivity index (χ2v) is 7.29. The predicted molar refractivity (Wildman–Crippen MR) is 101 cm³/mol. The first-order valence-electron chi connectivity index (χ1n) is 7.54. The van der Waals surface area contributed by atoms with Gasteiger partial charge in [-0.15, -0.1) is 0 Å². The molecule has 0 aromatic heterocycles. The van der Waals surface area contributed by atoms with Crippen LogP contribution in [-0.4, -0.2) is 6.61 Å². The summed E-state index contributed by atoms with van der Waals surface area (Å²) in [4.78, 5) is 0. The van der Waals surface area contributed by atoms with Crippen LogP contribution in [0.1, 0.15) is 20.3 Å². The number of ether oxygens (including phenoxy) is 2. The highest BCUT2D eigenvalue weighted by Crippen LogP contribution is 2.28. The van der Waals surface area contributed by atoms with E-state index < -0.39 is 0 Å². The van der Waals surface area contributed by atoms with Crippen molar-refractivity contribution in [2.24, 2.45) is 5.41 Å². The zero-order chi connectivity index (χ0) is 17.6. The average Bonchev–Trinajstić information content (AvgIpc) is 2.51. The monoisotopic (exact) mass is 384 g/mol. The Morgan fingerprint density at radius 1 is 0.917 bits per heavy atom. The van der Waals surface area contributed by atoms with Crippen LogP contribution in [0.2, 0.25) is 10.0 Å². The molecule has 128 valence electrons. The molecule has 2 aromatic carbocycles. The lowest BCUT2D eigenvalue weighted by Crippen LogP contribution is -2.14. The normalized spacial score (nSPS) is 12.1. The molecule has 0 bridgehead atoms. The lowest BCUT2D eigenvalue weighted by atomic mass is 9.90. The van der Waals surface area contributed by atoms with Gasteiger partial charge in [0.05, 0.1) is 6.61 Å². The van der Waals surface area contributed by atoms with Crippen LogP contribution >= 0.6 is 34.8 Å². The van der Waals surface area contributed by atoms with Crippen LogP contribution in [0.3, 0.4) is 0 Å². The summed E-state index contributed by atoms with van der Waals surface area (Å²) in [5.74, 6) is 1.44. The summed E-state index contributed by atoms with van der Waals surface area (Å²) >= 11 is 17.9. The van der Waals surface area contributed by atoms with E-state index in [-0.39, 0.29) is 5.41 Å². The van der Waals surface area contributed by atoms with Gasteiger partial charge in [0.25, 0.3) is 0 Å². The summed E-state index contributed by atoms with van der Waals surface area (Å²) in [5, 5.41) is 1.67. The summed E-state index contributed by atoms with van der Waals surface area (Å²) in [6.45, 7) is 4.72. The molecule has 0 saturated carbocycles. The van der Waals surface area contributed by atoms with Crippen LogP contribution in [0, 0.1) is 5.41 Å². The molecule has 0 saturated heterocycles. The van der Waals surface area contributed by atoms with E-state index >= 15 is 0 Å². The highest BCUT2D eigenvalue weighted by atomic mass is 35.5. The van der Waals surface area contributed by atoms with Crippen molar-refractivity contribution in [3.8, 4) is 11.5 Å². The molecule has 0 unspecified atom stereocenters. The standard InChI is InChI=1S/C19H19Cl3O2/c1-19(2,11-12-23-16-7-3-14(20)4-8-16)13-18(22)24-17-9-5-15(21)6-10-17/h3-10,13H,11-12H2,1-2H3. The van der Waals surface area contributed by atoms with Crippen LogP contribution in [0.5, 0.6) is 11.5 Å². The van der Waals surface area contributed by atoms with Crippen LogP contribution in [-0.2, 0) is 0 Å². The fourth-order valence-corrected chi connectivity index (χ4v) is 2.62. The third-order valence-corrected chi connectivity index (χ3v) is 4.05. The molecule has 0 N–H and O–H groups in total. The van der Waals surface area contributed by atoms with Crippen molar-refractivity contribution in [2.45, 2.75) is 20.3 Å². The second-order valence-electron chi connectivity index (χ2n) is 6.05. The van der Waals surface area contributed by atoms with E-state index in [2.05, 4.69) is 13.8 Å². The number of rotatable bonds is 7. The van der Waals surface area contributed by atoms with Gasteiger partial charge in [-0.1, -0.05) is 37.0 Å². The highest BCUT2D eigenvalue weighted by Gasteiger charge is 2.17. The molecular formula is C19H19Cl3O2. The predicted octanol–water partition coefficient (Wildman–Crippen LogP) is 6.95. The molecule has 0 fully saturated rings. The van der Waals surface area contributed by atoms with Gasteiger partial charge in [-0.2, -0.15) is 0 Å². The maximum atomic E-state index is 6.20. The molecule has 0 aliphatic heterocycles. The molecular weight excluding hydrogens is 367 g/mol. The zero-order valence-corrected chi connectivity index (χ0v) is 15.8. The molecule has 0 aliphatic rings. The first-order chi connectivity index (χ1) is 11.3. The van der Waals surface area contributed by atoms with Gasteiger partial charge in [0.15, 0.2) is 5.22 Å². The van der Waals surface area contributed by atoms with Crippen molar-refractivity contribution < 1.29 is 9.47 Å². The van der Waals surface area contributed by atoms with Gasteiger partial charge in [0.2, 0.25) is 0 Å². The molecule has 0 aliphatic carbocycles. The minimum absolute atomic E-state index is 0.171. The molecule has 5 heteroatoms. The Morgan fingerprint density at radius 2 is 1.42 bits per heavy atom. The van der Waals surface area contributed by atoms with Gasteiger partial charge < -0.3 is 9.47 Å². The van der Waals surface area contributed by atoms with Gasteiger partial charge in [-0.25, -0.2) is 0 Å². The van der Waals surface area contributed by atoms with Gasteiger partial charge in [-0.3, -0.25) is 0 Å². The number of benzene rings is 2. The molecule has 2 rings (SSSR count). The second kappa shape index (κ2) is 8.66. The summed E-state index contributed by atoms with van der Waals surface area (Å²) in [5.41, 5.74) is -0.171. The van der Waals surface area contributed by atoms with Crippen LogP contribution in [0.15, 0.2) is 59.8 Å². The van der Waals surface area contributed by atoms with E-state index in [1.807, 2.05) is 18.2 Å². The topological polar surface area (TPSA) is 18.5 Å². The minimum atomic E-state index is -0.171.